The van der Waals surface area contributed by atoms with Gasteiger partial charge in [0.15, 0.2) is 9.84 Å². The second kappa shape index (κ2) is 4.55. The Morgan fingerprint density at radius 1 is 1.29 bits per heavy atom. The largest absolute Gasteiger partial charge is 0.368 e. The van der Waals surface area contributed by atoms with Crippen LogP contribution in [0.5, 0.6) is 0 Å². The molecule has 6 heteroatoms. The van der Waals surface area contributed by atoms with E-state index in [1.807, 2.05) is 11.0 Å². The summed E-state index contributed by atoms with van der Waals surface area (Å²) in [6, 6.07) is 7.06. The molecule has 0 atom stereocenters. The molecule has 0 aliphatic carbocycles. The molecule has 0 bridgehead atoms. The van der Waals surface area contributed by atoms with Crippen molar-refractivity contribution in [3.05, 3.63) is 28.8 Å². The molecule has 0 saturated carbocycles. The first-order chi connectivity index (χ1) is 8.02. The maximum absolute atomic E-state index is 11.3. The first-order valence-electron chi connectivity index (χ1n) is 5.17. The van der Waals surface area contributed by atoms with E-state index >= 15 is 0 Å². The fourth-order valence-electron chi connectivity index (χ4n) is 1.79. The first kappa shape index (κ1) is 12.2. The quantitative estimate of drug-likeness (QED) is 0.775. The monoisotopic (exact) mass is 270 g/mol. The number of nitrogens with zero attached hydrogens (tertiary/aromatic N) is 2. The SMILES string of the molecule is N#Cc1ccc(N2CCS(=O)(=O)CC2)c(Cl)c1. The van der Waals surface area contributed by atoms with Gasteiger partial charge in [0.05, 0.1) is 33.8 Å². The minimum Gasteiger partial charge on any atom is -0.368 e. The van der Waals surface area contributed by atoms with Crippen molar-refractivity contribution in [3.8, 4) is 6.07 Å². The number of benzene rings is 1. The summed E-state index contributed by atoms with van der Waals surface area (Å²) in [5, 5.41) is 9.22. The zero-order valence-electron chi connectivity index (χ0n) is 9.06. The zero-order chi connectivity index (χ0) is 12.5. The molecule has 2 rings (SSSR count). The van der Waals surface area contributed by atoms with Gasteiger partial charge in [-0.25, -0.2) is 8.42 Å². The van der Waals surface area contributed by atoms with Gasteiger partial charge in [0.2, 0.25) is 0 Å². The van der Waals surface area contributed by atoms with E-state index in [2.05, 4.69) is 0 Å². The fourth-order valence-corrected chi connectivity index (χ4v) is 3.29. The minimum atomic E-state index is -2.89. The van der Waals surface area contributed by atoms with Crippen LogP contribution in [0.3, 0.4) is 0 Å². The van der Waals surface area contributed by atoms with Crippen molar-refractivity contribution in [2.24, 2.45) is 0 Å². The van der Waals surface area contributed by atoms with E-state index in [-0.39, 0.29) is 11.5 Å². The second-order valence-corrected chi connectivity index (χ2v) is 6.63. The fraction of sp³-hybridized carbons (Fsp3) is 0.364. The number of sulfone groups is 1. The van der Waals surface area contributed by atoms with Crippen molar-refractivity contribution in [2.45, 2.75) is 0 Å². The average Bonchev–Trinajstić information content (AvgIpc) is 2.29. The van der Waals surface area contributed by atoms with E-state index in [0.717, 1.165) is 5.69 Å². The number of halogens is 1. The lowest BCUT2D eigenvalue weighted by molar-refractivity contribution is 0.587. The third kappa shape index (κ3) is 2.71. The molecule has 17 heavy (non-hydrogen) atoms. The molecule has 1 saturated heterocycles. The Hall–Kier alpha value is -1.25. The van der Waals surface area contributed by atoms with Crippen LogP contribution in [0, 0.1) is 11.3 Å². The normalized spacial score (nSPS) is 18.7. The molecule has 0 spiro atoms. The van der Waals surface area contributed by atoms with Crippen LogP contribution < -0.4 is 4.90 Å². The van der Waals surface area contributed by atoms with Crippen molar-refractivity contribution in [3.63, 3.8) is 0 Å². The summed E-state index contributed by atoms with van der Waals surface area (Å²) in [5.41, 5.74) is 1.30. The average molecular weight is 271 g/mol. The highest BCUT2D eigenvalue weighted by molar-refractivity contribution is 7.91. The van der Waals surface area contributed by atoms with E-state index in [1.165, 1.54) is 0 Å². The zero-order valence-corrected chi connectivity index (χ0v) is 10.6. The van der Waals surface area contributed by atoms with Gasteiger partial charge in [-0.3, -0.25) is 0 Å². The van der Waals surface area contributed by atoms with Crippen LogP contribution in [0.4, 0.5) is 5.69 Å². The van der Waals surface area contributed by atoms with E-state index in [0.29, 0.717) is 23.7 Å². The third-order valence-electron chi connectivity index (χ3n) is 2.76. The van der Waals surface area contributed by atoms with E-state index in [9.17, 15) is 8.42 Å². The van der Waals surface area contributed by atoms with Gasteiger partial charge in [0.1, 0.15) is 0 Å². The number of hydrogen-bond acceptors (Lipinski definition) is 4. The molecule has 0 N–H and O–H groups in total. The molecular weight excluding hydrogens is 260 g/mol. The third-order valence-corrected chi connectivity index (χ3v) is 4.67. The molecule has 1 aliphatic rings. The van der Waals surface area contributed by atoms with Crippen molar-refractivity contribution in [1.29, 1.82) is 5.26 Å². The standard InChI is InChI=1S/C11H11ClN2O2S/c12-10-7-9(8-13)1-2-11(10)14-3-5-17(15,16)6-4-14/h1-2,7H,3-6H2. The van der Waals surface area contributed by atoms with Crippen LogP contribution in [0.15, 0.2) is 18.2 Å². The molecule has 1 aromatic rings. The predicted molar refractivity (Wildman–Crippen MR) is 67.0 cm³/mol. The van der Waals surface area contributed by atoms with Gasteiger partial charge in [0, 0.05) is 13.1 Å². The second-order valence-electron chi connectivity index (χ2n) is 3.92. The number of anilines is 1. The van der Waals surface area contributed by atoms with Gasteiger partial charge in [-0.1, -0.05) is 11.6 Å². The van der Waals surface area contributed by atoms with E-state index in [4.69, 9.17) is 16.9 Å². The predicted octanol–water partition coefficient (Wildman–Crippen LogP) is 1.45. The van der Waals surface area contributed by atoms with Crippen molar-refractivity contribution in [1.82, 2.24) is 0 Å². The van der Waals surface area contributed by atoms with Crippen LogP contribution in [0.25, 0.3) is 0 Å². The van der Waals surface area contributed by atoms with Gasteiger partial charge in [-0.2, -0.15) is 5.26 Å². The van der Waals surface area contributed by atoms with E-state index < -0.39 is 9.84 Å². The molecule has 90 valence electrons. The molecule has 1 heterocycles. The van der Waals surface area contributed by atoms with Crippen molar-refractivity contribution in [2.75, 3.05) is 29.5 Å². The van der Waals surface area contributed by atoms with Crippen LogP contribution in [0.1, 0.15) is 5.56 Å². The maximum Gasteiger partial charge on any atom is 0.153 e. The molecular formula is C11H11ClN2O2S. The van der Waals surface area contributed by atoms with Crippen molar-refractivity contribution >= 4 is 27.1 Å². The summed E-state index contributed by atoms with van der Waals surface area (Å²) in [6.07, 6.45) is 0. The maximum atomic E-state index is 11.3. The Labute approximate surface area is 105 Å². The highest BCUT2D eigenvalue weighted by atomic mass is 35.5. The smallest absolute Gasteiger partial charge is 0.153 e. The van der Waals surface area contributed by atoms with Crippen molar-refractivity contribution < 1.29 is 8.42 Å². The number of hydrogen-bond donors (Lipinski definition) is 0. The van der Waals surface area contributed by atoms with Gasteiger partial charge in [-0.05, 0) is 18.2 Å². The summed E-state index contributed by atoms with van der Waals surface area (Å²) in [4.78, 5) is 1.94. The number of nitriles is 1. The Morgan fingerprint density at radius 2 is 1.94 bits per heavy atom. The molecule has 0 amide bonds. The van der Waals surface area contributed by atoms with Crippen LogP contribution in [0.2, 0.25) is 5.02 Å². The van der Waals surface area contributed by atoms with Gasteiger partial charge in [0.25, 0.3) is 0 Å². The Bertz CT molecular complexity index is 564. The minimum absolute atomic E-state index is 0.156. The summed E-state index contributed by atoms with van der Waals surface area (Å²) in [6.45, 7) is 0.905. The Morgan fingerprint density at radius 3 is 2.47 bits per heavy atom. The molecule has 1 fully saturated rings. The summed E-state index contributed by atoms with van der Waals surface area (Å²) in [5.74, 6) is 0.312. The molecule has 0 unspecified atom stereocenters. The van der Waals surface area contributed by atoms with Gasteiger partial charge in [-0.15, -0.1) is 0 Å². The molecule has 0 radical (unpaired) electrons. The molecule has 1 aromatic carbocycles. The highest BCUT2D eigenvalue weighted by Crippen LogP contribution is 2.27. The summed E-state index contributed by atoms with van der Waals surface area (Å²) >= 11 is 6.07. The highest BCUT2D eigenvalue weighted by Gasteiger charge is 2.22. The lowest BCUT2D eigenvalue weighted by Gasteiger charge is -2.29. The lowest BCUT2D eigenvalue weighted by Crippen LogP contribution is -2.40. The lowest BCUT2D eigenvalue weighted by atomic mass is 10.2. The molecule has 0 aromatic heterocycles. The summed E-state index contributed by atoms with van der Waals surface area (Å²) < 4.78 is 22.6. The van der Waals surface area contributed by atoms with E-state index in [1.54, 1.807) is 18.2 Å². The topological polar surface area (TPSA) is 61.2 Å². The first-order valence-corrected chi connectivity index (χ1v) is 7.37. The Balaban J connectivity index is 2.22. The van der Waals surface area contributed by atoms with Crippen LogP contribution >= 0.6 is 11.6 Å². The van der Waals surface area contributed by atoms with Gasteiger partial charge < -0.3 is 4.90 Å². The Kier molecular flexibility index (Phi) is 3.27. The molecule has 1 aliphatic heterocycles. The summed E-state index contributed by atoms with van der Waals surface area (Å²) in [7, 11) is -2.89. The van der Waals surface area contributed by atoms with Gasteiger partial charge >= 0.3 is 0 Å². The van der Waals surface area contributed by atoms with Crippen LogP contribution in [-0.2, 0) is 9.84 Å². The number of rotatable bonds is 1. The van der Waals surface area contributed by atoms with Crippen LogP contribution in [-0.4, -0.2) is 33.0 Å². The molecule has 4 nitrogen and oxygen atoms in total.